The predicted octanol–water partition coefficient (Wildman–Crippen LogP) is 9.25. The Morgan fingerprint density at radius 2 is 0.894 bits per heavy atom. The van der Waals surface area contributed by atoms with Gasteiger partial charge in [-0.3, -0.25) is 33.6 Å². The zero-order valence-corrected chi connectivity index (χ0v) is 47.8. The number of nitrogens with one attached hydrogen (secondary N) is 7. The average Bonchev–Trinajstić information content (AvgIpc) is 3.70. The summed E-state index contributed by atoms with van der Waals surface area (Å²) < 4.78 is 0. The number of amides is 7. The molecule has 1 atom stereocenters. The molecular formula is C64H63ClN12O8. The fourth-order valence-electron chi connectivity index (χ4n) is 7.83. The van der Waals surface area contributed by atoms with Crippen LogP contribution in [-0.2, 0) is 27.2 Å². The van der Waals surface area contributed by atoms with Crippen LogP contribution in [0.5, 0.6) is 0 Å². The van der Waals surface area contributed by atoms with E-state index in [1.165, 1.54) is 18.5 Å². The van der Waals surface area contributed by atoms with Gasteiger partial charge in [0.1, 0.15) is 17.2 Å². The molecule has 8 aromatic rings. The van der Waals surface area contributed by atoms with Crippen molar-refractivity contribution < 1.29 is 38.7 Å². The molecule has 2 aromatic heterocycles. The number of aryl methyl sites for hydroxylation is 4. The largest absolute Gasteiger partial charge is 0.374 e. The molecule has 1 unspecified atom stereocenters. The Morgan fingerprint density at radius 3 is 1.28 bits per heavy atom. The second-order valence-corrected chi connectivity index (χ2v) is 19.4. The molecule has 0 aliphatic heterocycles. The van der Waals surface area contributed by atoms with Gasteiger partial charge >= 0.3 is 0 Å². The molecule has 0 fully saturated rings. The maximum atomic E-state index is 13.0. The molecule has 21 heteroatoms. The molecule has 0 saturated heterocycles. The first-order valence-corrected chi connectivity index (χ1v) is 26.8. The van der Waals surface area contributed by atoms with Crippen LogP contribution in [0, 0.1) is 27.7 Å². The minimum Gasteiger partial charge on any atom is -0.374 e. The summed E-state index contributed by atoms with van der Waals surface area (Å²) in [5.41, 5.74) is 14.7. The molecule has 0 saturated carbocycles. The van der Waals surface area contributed by atoms with Crippen molar-refractivity contribution in [1.82, 2.24) is 25.3 Å². The summed E-state index contributed by atoms with van der Waals surface area (Å²) in [4.78, 5) is 104. The van der Waals surface area contributed by atoms with Gasteiger partial charge in [0.25, 0.3) is 23.6 Å². The van der Waals surface area contributed by atoms with Crippen LogP contribution in [0.15, 0.2) is 184 Å². The average molecular weight is 1160 g/mol. The van der Waals surface area contributed by atoms with Crippen LogP contribution < -0.4 is 43.0 Å². The third-order valence-electron chi connectivity index (χ3n) is 12.1. The fourth-order valence-corrected chi connectivity index (χ4v) is 7.83. The van der Waals surface area contributed by atoms with Crippen molar-refractivity contribution >= 4 is 87.1 Å². The van der Waals surface area contributed by atoms with Crippen molar-refractivity contribution in [1.29, 1.82) is 0 Å². The number of hydrogen-bond acceptors (Lipinski definition) is 13. The topological polar surface area (TPSA) is 302 Å². The van der Waals surface area contributed by atoms with Crippen LogP contribution in [0.3, 0.4) is 0 Å². The lowest BCUT2D eigenvalue weighted by atomic mass is 10.1. The highest BCUT2D eigenvalue weighted by atomic mass is 35.5. The first kappa shape index (κ1) is 63.6. The zero-order chi connectivity index (χ0) is 61.4. The van der Waals surface area contributed by atoms with Crippen LogP contribution in [0.1, 0.15) is 86.5 Å². The third kappa shape index (κ3) is 20.7. The zero-order valence-electron chi connectivity index (χ0n) is 47.0. The molecule has 7 amide bonds. The summed E-state index contributed by atoms with van der Waals surface area (Å²) in [5, 5.41) is 27.2. The van der Waals surface area contributed by atoms with E-state index in [1.807, 2.05) is 76.2 Å². The van der Waals surface area contributed by atoms with Gasteiger partial charge in [0.15, 0.2) is 0 Å². The van der Waals surface area contributed by atoms with Crippen molar-refractivity contribution in [2.75, 3.05) is 45.0 Å². The second kappa shape index (κ2) is 31.6. The summed E-state index contributed by atoms with van der Waals surface area (Å²) in [5.74, 6) is -1.20. The van der Waals surface area contributed by atoms with Crippen LogP contribution in [0.4, 0.5) is 34.1 Å². The van der Waals surface area contributed by atoms with Gasteiger partial charge in [-0.1, -0.05) is 96.5 Å². The molecule has 0 aliphatic carbocycles. The molecule has 0 radical (unpaired) electrons. The molecule has 20 nitrogen and oxygen atoms in total. The highest BCUT2D eigenvalue weighted by Gasteiger charge is 2.16. The number of aromatic nitrogens is 4. The normalized spacial score (nSPS) is 10.6. The van der Waals surface area contributed by atoms with Gasteiger partial charge in [-0.05, 0) is 135 Å². The maximum Gasteiger partial charge on any atom is 0.256 e. The van der Waals surface area contributed by atoms with E-state index < -0.39 is 11.5 Å². The van der Waals surface area contributed by atoms with E-state index >= 15 is 0 Å². The summed E-state index contributed by atoms with van der Waals surface area (Å²) in [6, 6.07) is 39.4. The lowest BCUT2D eigenvalue weighted by Crippen LogP contribution is -2.31. The Balaban J connectivity index is 0.000000253. The van der Waals surface area contributed by atoms with Crippen LogP contribution in [0.2, 0.25) is 0 Å². The predicted molar refractivity (Wildman–Crippen MR) is 331 cm³/mol. The number of carbonyl (C=O) groups excluding carboxylic acids is 7. The van der Waals surface area contributed by atoms with Gasteiger partial charge < -0.3 is 48.1 Å². The Kier molecular flexibility index (Phi) is 23.7. The van der Waals surface area contributed by atoms with Crippen LogP contribution in [-0.4, -0.2) is 85.0 Å². The van der Waals surface area contributed by atoms with Gasteiger partial charge in [0.2, 0.25) is 17.7 Å². The quantitative estimate of drug-likeness (QED) is 0.0207. The maximum absolute atomic E-state index is 13.0. The highest BCUT2D eigenvalue weighted by Crippen LogP contribution is 2.22. The summed E-state index contributed by atoms with van der Waals surface area (Å²) >= 11 is 4.90. The standard InChI is InChI=1S/C32H30N6O4.C29H28N6O3.C3H5ClO/c1-4-29(39)35-19-30(40)36-24-10-6-8-22(14-24)15-28-33-17-26(18-34-28)38-32(42)27-16-25(12-11-21(27)3)37-31(41)23-9-5-7-20(2)13-23;1-18-5-3-7-21(11-18)28(37)34-23-10-9-19(2)25(14-23)29(38)35-24-16-31-26(32-17-24)13-20-6-4-8-22(12-20)33-27(36)15-30;1-2-3(4)5/h4-14,16-18H,1,15,19H2,2-3H3,(H,35,39)(H,36,40)(H,37,41)(H,38,42);3-12,14,16-17H,13,15,30H2,1-2H3,(H,33,36)(H,34,37)(H,35,38);2-3,5H,1H2. The molecular weight excluding hydrogens is 1100 g/mol. The van der Waals surface area contributed by atoms with Crippen molar-refractivity contribution in [3.8, 4) is 0 Å². The van der Waals surface area contributed by atoms with Gasteiger partial charge in [0, 0.05) is 57.8 Å². The Labute approximate surface area is 496 Å². The number of anilines is 6. The molecule has 434 valence electrons. The van der Waals surface area contributed by atoms with E-state index in [1.54, 1.807) is 97.3 Å². The summed E-state index contributed by atoms with van der Waals surface area (Å²) in [6.45, 7) is 13.7. The number of nitrogens with zero attached hydrogens (tertiary/aromatic N) is 4. The second-order valence-electron chi connectivity index (χ2n) is 19.0. The number of hydrogen-bond donors (Lipinski definition) is 9. The molecule has 85 heavy (non-hydrogen) atoms. The molecule has 6 aromatic carbocycles. The van der Waals surface area contributed by atoms with Gasteiger partial charge in [-0.15, -0.1) is 0 Å². The van der Waals surface area contributed by atoms with E-state index in [2.05, 4.69) is 70.3 Å². The van der Waals surface area contributed by atoms with Crippen molar-refractivity contribution in [2.45, 2.75) is 46.1 Å². The number of aliphatic hydroxyl groups excluding tert-OH is 1. The molecule has 2 heterocycles. The number of carbonyl (C=O) groups is 7. The molecule has 0 spiro atoms. The third-order valence-corrected chi connectivity index (χ3v) is 12.3. The summed E-state index contributed by atoms with van der Waals surface area (Å²) in [6.07, 6.45) is 9.30. The Morgan fingerprint density at radius 1 is 0.506 bits per heavy atom. The van der Waals surface area contributed by atoms with E-state index in [4.69, 9.17) is 22.4 Å². The fraction of sp³-hybridized carbons (Fsp3) is 0.141. The number of benzene rings is 6. The Hall–Kier alpha value is -10.5. The monoisotopic (exact) mass is 1160 g/mol. The van der Waals surface area contributed by atoms with Gasteiger partial charge in [-0.2, -0.15) is 0 Å². The van der Waals surface area contributed by atoms with Gasteiger partial charge in [-0.25, -0.2) is 19.9 Å². The molecule has 10 N–H and O–H groups in total. The minimum absolute atomic E-state index is 0.0909. The van der Waals surface area contributed by atoms with E-state index in [0.717, 1.165) is 39.5 Å². The van der Waals surface area contributed by atoms with Crippen LogP contribution >= 0.6 is 11.6 Å². The van der Waals surface area contributed by atoms with Gasteiger partial charge in [0.05, 0.1) is 49.3 Å². The van der Waals surface area contributed by atoms with E-state index in [9.17, 15) is 33.6 Å². The minimum atomic E-state index is -0.880. The Bertz CT molecular complexity index is 3730. The SMILES string of the molecule is C=CC(=O)NCC(=O)Nc1cccc(Cc2ncc(NC(=O)c3cc(NC(=O)c4cccc(C)c4)ccc3C)cn2)c1.C=CC(O)Cl.Cc1cccc(C(=O)Nc2ccc(C)c(C(=O)Nc3cnc(Cc4cccc(NC(=O)CN)c4)nc3)c2)c1. The molecule has 0 aliphatic rings. The van der Waals surface area contributed by atoms with E-state index in [-0.39, 0.29) is 48.5 Å². The van der Waals surface area contributed by atoms with Crippen molar-refractivity contribution in [3.63, 3.8) is 0 Å². The number of rotatable bonds is 19. The number of halogens is 1. The van der Waals surface area contributed by atoms with Crippen LogP contribution in [0.25, 0.3) is 0 Å². The van der Waals surface area contributed by atoms with E-state index in [0.29, 0.717) is 80.9 Å². The first-order valence-electron chi connectivity index (χ1n) is 26.3. The lowest BCUT2D eigenvalue weighted by molar-refractivity contribution is -0.121. The number of alkyl halides is 1. The molecule has 8 rings (SSSR count). The first-order chi connectivity index (χ1) is 40.8. The van der Waals surface area contributed by atoms with Crippen molar-refractivity contribution in [2.24, 2.45) is 5.73 Å². The lowest BCUT2D eigenvalue weighted by Gasteiger charge is -2.11. The summed E-state index contributed by atoms with van der Waals surface area (Å²) in [7, 11) is 0. The highest BCUT2D eigenvalue weighted by molar-refractivity contribution is 6.20. The van der Waals surface area contributed by atoms with Crippen molar-refractivity contribution in [3.05, 3.63) is 251 Å². The number of aliphatic hydroxyl groups is 1. The molecule has 0 bridgehead atoms. The number of nitrogens with two attached hydrogens (primary N) is 1. The smallest absolute Gasteiger partial charge is 0.256 e.